The predicted molar refractivity (Wildman–Crippen MR) is 103 cm³/mol. The van der Waals surface area contributed by atoms with Gasteiger partial charge < -0.3 is 15.0 Å². The first-order valence-corrected chi connectivity index (χ1v) is 9.13. The number of ether oxygens (including phenoxy) is 1. The SMILES string of the molecule is COc1ccccc1/C=C/CN(CCN1CCNCC1)C(=O)C(C)C. The molecule has 1 aliphatic heterocycles. The van der Waals surface area contributed by atoms with Crippen molar-refractivity contribution in [2.75, 3.05) is 52.9 Å². The molecular weight excluding hydrogens is 314 g/mol. The van der Waals surface area contributed by atoms with Gasteiger partial charge in [-0.1, -0.05) is 44.2 Å². The van der Waals surface area contributed by atoms with Crippen molar-refractivity contribution in [2.24, 2.45) is 5.92 Å². The van der Waals surface area contributed by atoms with Crippen LogP contribution in [0.25, 0.3) is 6.08 Å². The fourth-order valence-electron chi connectivity index (χ4n) is 2.96. The van der Waals surface area contributed by atoms with Gasteiger partial charge in [-0.3, -0.25) is 9.69 Å². The minimum Gasteiger partial charge on any atom is -0.496 e. The van der Waals surface area contributed by atoms with Gasteiger partial charge in [-0.15, -0.1) is 0 Å². The van der Waals surface area contributed by atoms with Crippen LogP contribution in [0.1, 0.15) is 19.4 Å². The number of carbonyl (C=O) groups excluding carboxylic acids is 1. The van der Waals surface area contributed by atoms with Crippen molar-refractivity contribution in [2.45, 2.75) is 13.8 Å². The second-order valence-corrected chi connectivity index (χ2v) is 6.67. The smallest absolute Gasteiger partial charge is 0.225 e. The van der Waals surface area contributed by atoms with Crippen LogP contribution in [-0.4, -0.2) is 68.6 Å². The van der Waals surface area contributed by atoms with E-state index in [4.69, 9.17) is 4.74 Å². The summed E-state index contributed by atoms with van der Waals surface area (Å²) in [4.78, 5) is 16.9. The summed E-state index contributed by atoms with van der Waals surface area (Å²) in [6.45, 7) is 10.4. The average molecular weight is 345 g/mol. The fourth-order valence-corrected chi connectivity index (χ4v) is 2.96. The van der Waals surface area contributed by atoms with E-state index in [0.717, 1.165) is 50.6 Å². The lowest BCUT2D eigenvalue weighted by atomic mass is 10.1. The van der Waals surface area contributed by atoms with Crippen LogP contribution in [0.5, 0.6) is 5.75 Å². The molecule has 0 aliphatic carbocycles. The van der Waals surface area contributed by atoms with Gasteiger partial charge >= 0.3 is 0 Å². The number of para-hydroxylation sites is 1. The Kier molecular flexibility index (Phi) is 7.95. The van der Waals surface area contributed by atoms with Crippen LogP contribution in [0.15, 0.2) is 30.3 Å². The first kappa shape index (κ1) is 19.5. The Morgan fingerprint density at radius 3 is 2.72 bits per heavy atom. The van der Waals surface area contributed by atoms with Gasteiger partial charge in [0.25, 0.3) is 0 Å². The predicted octanol–water partition coefficient (Wildman–Crippen LogP) is 2.10. The van der Waals surface area contributed by atoms with E-state index in [1.807, 2.05) is 49.1 Å². The number of carbonyl (C=O) groups is 1. The Bertz CT molecular complexity index is 566. The van der Waals surface area contributed by atoms with Gasteiger partial charge in [-0.2, -0.15) is 0 Å². The third-order valence-corrected chi connectivity index (χ3v) is 4.46. The zero-order valence-electron chi connectivity index (χ0n) is 15.7. The number of hydrogen-bond donors (Lipinski definition) is 1. The molecule has 5 heteroatoms. The van der Waals surface area contributed by atoms with Crippen LogP contribution >= 0.6 is 0 Å². The standard InChI is InChI=1S/C20H31N3O2/c1-17(2)20(24)23(16-15-22-13-10-21-11-14-22)12-6-8-18-7-4-5-9-19(18)25-3/h4-9,17,21H,10-16H2,1-3H3/b8-6+. The largest absolute Gasteiger partial charge is 0.496 e. The molecule has 2 rings (SSSR count). The minimum atomic E-state index is 0.0164. The van der Waals surface area contributed by atoms with Gasteiger partial charge in [0.2, 0.25) is 5.91 Å². The van der Waals surface area contributed by atoms with E-state index < -0.39 is 0 Å². The molecule has 5 nitrogen and oxygen atoms in total. The third-order valence-electron chi connectivity index (χ3n) is 4.46. The molecule has 1 saturated heterocycles. The molecule has 0 atom stereocenters. The maximum atomic E-state index is 12.5. The highest BCUT2D eigenvalue weighted by Gasteiger charge is 2.17. The third kappa shape index (κ3) is 6.18. The molecule has 1 amide bonds. The molecule has 1 N–H and O–H groups in total. The summed E-state index contributed by atoms with van der Waals surface area (Å²) in [5.74, 6) is 1.07. The summed E-state index contributed by atoms with van der Waals surface area (Å²) in [6.07, 6.45) is 4.08. The zero-order valence-corrected chi connectivity index (χ0v) is 15.7. The van der Waals surface area contributed by atoms with E-state index in [0.29, 0.717) is 6.54 Å². The summed E-state index contributed by atoms with van der Waals surface area (Å²) >= 11 is 0. The fraction of sp³-hybridized carbons (Fsp3) is 0.550. The first-order chi connectivity index (χ1) is 12.1. The summed E-state index contributed by atoms with van der Waals surface area (Å²) in [7, 11) is 1.68. The molecule has 0 radical (unpaired) electrons. The van der Waals surface area contributed by atoms with E-state index in [2.05, 4.69) is 16.3 Å². The van der Waals surface area contributed by atoms with E-state index in [9.17, 15) is 4.79 Å². The molecule has 1 aromatic carbocycles. The molecule has 25 heavy (non-hydrogen) atoms. The normalized spacial score (nSPS) is 15.7. The molecular formula is C20H31N3O2. The highest BCUT2D eigenvalue weighted by atomic mass is 16.5. The van der Waals surface area contributed by atoms with Gasteiger partial charge in [0, 0.05) is 57.3 Å². The molecule has 0 bridgehead atoms. The molecule has 1 fully saturated rings. The minimum absolute atomic E-state index is 0.0164. The van der Waals surface area contributed by atoms with Crippen LogP contribution < -0.4 is 10.1 Å². The van der Waals surface area contributed by atoms with Crippen LogP contribution in [0.3, 0.4) is 0 Å². The van der Waals surface area contributed by atoms with Crippen molar-refractivity contribution in [3.05, 3.63) is 35.9 Å². The second kappa shape index (κ2) is 10.2. The molecule has 0 spiro atoms. The topological polar surface area (TPSA) is 44.8 Å². The molecule has 0 unspecified atom stereocenters. The number of hydrogen-bond acceptors (Lipinski definition) is 4. The summed E-state index contributed by atoms with van der Waals surface area (Å²) in [6, 6.07) is 7.91. The molecule has 0 aromatic heterocycles. The van der Waals surface area contributed by atoms with Crippen molar-refractivity contribution < 1.29 is 9.53 Å². The molecule has 1 aliphatic rings. The van der Waals surface area contributed by atoms with Gasteiger partial charge in [-0.05, 0) is 6.07 Å². The highest BCUT2D eigenvalue weighted by Crippen LogP contribution is 2.18. The van der Waals surface area contributed by atoms with Gasteiger partial charge in [0.1, 0.15) is 5.75 Å². The van der Waals surface area contributed by atoms with E-state index in [1.165, 1.54) is 0 Å². The monoisotopic (exact) mass is 345 g/mol. The van der Waals surface area contributed by atoms with Crippen molar-refractivity contribution >= 4 is 12.0 Å². The van der Waals surface area contributed by atoms with Gasteiger partial charge in [-0.25, -0.2) is 0 Å². The summed E-state index contributed by atoms with van der Waals surface area (Å²) < 4.78 is 5.37. The van der Waals surface area contributed by atoms with E-state index >= 15 is 0 Å². The molecule has 138 valence electrons. The van der Waals surface area contributed by atoms with Crippen LogP contribution in [0.4, 0.5) is 0 Å². The van der Waals surface area contributed by atoms with Gasteiger partial charge in [0.05, 0.1) is 7.11 Å². The number of nitrogens with one attached hydrogen (secondary N) is 1. The number of rotatable bonds is 8. The van der Waals surface area contributed by atoms with Crippen LogP contribution in [0, 0.1) is 5.92 Å². The Morgan fingerprint density at radius 2 is 2.04 bits per heavy atom. The Morgan fingerprint density at radius 1 is 1.32 bits per heavy atom. The number of benzene rings is 1. The van der Waals surface area contributed by atoms with Crippen LogP contribution in [0.2, 0.25) is 0 Å². The van der Waals surface area contributed by atoms with E-state index in [-0.39, 0.29) is 11.8 Å². The number of amides is 1. The van der Waals surface area contributed by atoms with Crippen molar-refractivity contribution in [3.63, 3.8) is 0 Å². The Balaban J connectivity index is 1.95. The van der Waals surface area contributed by atoms with Gasteiger partial charge in [0.15, 0.2) is 0 Å². The summed E-state index contributed by atoms with van der Waals surface area (Å²) in [5.41, 5.74) is 1.03. The lowest BCUT2D eigenvalue weighted by Crippen LogP contribution is -2.47. The Labute approximate surface area is 151 Å². The second-order valence-electron chi connectivity index (χ2n) is 6.67. The molecule has 0 saturated carbocycles. The van der Waals surface area contributed by atoms with Crippen molar-refractivity contribution in [1.29, 1.82) is 0 Å². The quantitative estimate of drug-likeness (QED) is 0.784. The Hall–Kier alpha value is -1.85. The maximum absolute atomic E-state index is 12.5. The summed E-state index contributed by atoms with van der Waals surface area (Å²) in [5, 5.41) is 3.36. The first-order valence-electron chi connectivity index (χ1n) is 9.13. The molecule has 1 heterocycles. The molecule has 1 aromatic rings. The van der Waals surface area contributed by atoms with Crippen LogP contribution in [-0.2, 0) is 4.79 Å². The average Bonchev–Trinajstić information content (AvgIpc) is 2.65. The number of nitrogens with zero attached hydrogens (tertiary/aromatic N) is 2. The van der Waals surface area contributed by atoms with Crippen molar-refractivity contribution in [1.82, 2.24) is 15.1 Å². The zero-order chi connectivity index (χ0) is 18.1. The van der Waals surface area contributed by atoms with E-state index in [1.54, 1.807) is 7.11 Å². The number of piperazine rings is 1. The maximum Gasteiger partial charge on any atom is 0.225 e. The number of methoxy groups -OCH3 is 1. The van der Waals surface area contributed by atoms with Crippen molar-refractivity contribution in [3.8, 4) is 5.75 Å². The lowest BCUT2D eigenvalue weighted by Gasteiger charge is -2.30. The highest BCUT2D eigenvalue weighted by molar-refractivity contribution is 5.78. The lowest BCUT2D eigenvalue weighted by molar-refractivity contribution is -0.134.